The zero-order valence-corrected chi connectivity index (χ0v) is 17.4. The molecule has 3 rings (SSSR count). The van der Waals surface area contributed by atoms with E-state index in [1.54, 1.807) is 22.9 Å². The van der Waals surface area contributed by atoms with Gasteiger partial charge in [0.2, 0.25) is 5.91 Å². The molecule has 8 heteroatoms. The van der Waals surface area contributed by atoms with E-state index >= 15 is 0 Å². The number of rotatable bonds is 7. The minimum Gasteiger partial charge on any atom is -0.367 e. The van der Waals surface area contributed by atoms with Crippen LogP contribution in [0.2, 0.25) is 5.02 Å². The third kappa shape index (κ3) is 5.42. The van der Waals surface area contributed by atoms with Crippen molar-refractivity contribution in [3.8, 4) is 5.82 Å². The van der Waals surface area contributed by atoms with Crippen LogP contribution in [0.4, 0.5) is 5.82 Å². The first-order valence-corrected chi connectivity index (χ1v) is 9.64. The monoisotopic (exact) mass is 410 g/mol. The third-order valence-corrected chi connectivity index (χ3v) is 4.80. The van der Waals surface area contributed by atoms with E-state index in [0.29, 0.717) is 29.7 Å². The van der Waals surface area contributed by atoms with E-state index in [9.17, 15) is 4.79 Å². The van der Waals surface area contributed by atoms with Crippen molar-refractivity contribution in [1.29, 1.82) is 0 Å². The highest BCUT2D eigenvalue weighted by Crippen LogP contribution is 2.15. The number of hydrogen-bond acceptors (Lipinski definition) is 5. The Labute approximate surface area is 174 Å². The number of anilines is 1. The van der Waals surface area contributed by atoms with Gasteiger partial charge in [-0.1, -0.05) is 23.7 Å². The largest absolute Gasteiger partial charge is 0.367 e. The smallest absolute Gasteiger partial charge is 0.244 e. The summed E-state index contributed by atoms with van der Waals surface area (Å²) in [5, 5.41) is 19.5. The molecule has 0 aliphatic carbocycles. The Hall–Kier alpha value is -3.19. The van der Waals surface area contributed by atoms with Crippen LogP contribution in [0.15, 0.2) is 42.5 Å². The summed E-state index contributed by atoms with van der Waals surface area (Å²) in [6, 6.07) is 11.0. The molecule has 2 heterocycles. The third-order valence-electron chi connectivity index (χ3n) is 4.55. The van der Waals surface area contributed by atoms with Gasteiger partial charge in [0.05, 0.1) is 5.69 Å². The summed E-state index contributed by atoms with van der Waals surface area (Å²) < 4.78 is 1.79. The summed E-state index contributed by atoms with van der Waals surface area (Å²) in [5.41, 5.74) is 4.09. The van der Waals surface area contributed by atoms with Crippen LogP contribution in [0, 0.1) is 20.8 Å². The summed E-state index contributed by atoms with van der Waals surface area (Å²) in [5.74, 6) is 1.14. The standard InChI is InChI=1S/C21H23ClN6O/c1-14-15(2)27-28(16(14)3)20-10-9-19(25-26-20)23-12-13-24-21(29)11-6-17-4-7-18(22)8-5-17/h4-11H,12-13H2,1-3H3,(H,23,25)(H,24,29)/b11-6+. The lowest BCUT2D eigenvalue weighted by molar-refractivity contribution is -0.116. The predicted octanol–water partition coefficient (Wildman–Crippen LogP) is 3.48. The van der Waals surface area contributed by atoms with Gasteiger partial charge in [-0.05, 0) is 62.2 Å². The maximum atomic E-state index is 11.9. The molecule has 0 aliphatic rings. The number of aryl methyl sites for hydroxylation is 1. The quantitative estimate of drug-likeness (QED) is 0.460. The number of carbonyl (C=O) groups excluding carboxylic acids is 1. The highest BCUT2D eigenvalue weighted by atomic mass is 35.5. The Morgan fingerprint density at radius 1 is 1.07 bits per heavy atom. The van der Waals surface area contributed by atoms with Gasteiger partial charge in [-0.15, -0.1) is 10.2 Å². The topological polar surface area (TPSA) is 84.7 Å². The molecule has 0 bridgehead atoms. The van der Waals surface area contributed by atoms with Gasteiger partial charge in [0.25, 0.3) is 0 Å². The average molecular weight is 411 g/mol. The van der Waals surface area contributed by atoms with E-state index in [-0.39, 0.29) is 5.91 Å². The van der Waals surface area contributed by atoms with Crippen LogP contribution in [0.25, 0.3) is 11.9 Å². The van der Waals surface area contributed by atoms with E-state index in [1.165, 1.54) is 6.08 Å². The molecule has 7 nitrogen and oxygen atoms in total. The normalized spacial score (nSPS) is 11.0. The van der Waals surface area contributed by atoms with Crippen LogP contribution in [0.5, 0.6) is 0 Å². The van der Waals surface area contributed by atoms with Gasteiger partial charge in [0.15, 0.2) is 5.82 Å². The van der Waals surface area contributed by atoms with Gasteiger partial charge in [-0.3, -0.25) is 4.79 Å². The number of benzene rings is 1. The van der Waals surface area contributed by atoms with Crippen LogP contribution in [-0.2, 0) is 4.79 Å². The van der Waals surface area contributed by atoms with Crippen molar-refractivity contribution in [2.24, 2.45) is 0 Å². The first kappa shape index (κ1) is 20.5. The second kappa shape index (κ2) is 9.34. The van der Waals surface area contributed by atoms with Gasteiger partial charge >= 0.3 is 0 Å². The van der Waals surface area contributed by atoms with Gasteiger partial charge in [-0.25, -0.2) is 4.68 Å². The van der Waals surface area contributed by atoms with E-state index < -0.39 is 0 Å². The van der Waals surface area contributed by atoms with E-state index in [1.807, 2.05) is 45.0 Å². The fraction of sp³-hybridized carbons (Fsp3) is 0.238. The van der Waals surface area contributed by atoms with Crippen molar-refractivity contribution in [2.45, 2.75) is 20.8 Å². The Morgan fingerprint density at radius 2 is 1.83 bits per heavy atom. The number of nitrogens with one attached hydrogen (secondary N) is 2. The molecule has 2 N–H and O–H groups in total. The van der Waals surface area contributed by atoms with Crippen LogP contribution < -0.4 is 10.6 Å². The lowest BCUT2D eigenvalue weighted by atomic mass is 10.2. The van der Waals surface area contributed by atoms with Crippen LogP contribution in [-0.4, -0.2) is 39.0 Å². The molecule has 0 unspecified atom stereocenters. The lowest BCUT2D eigenvalue weighted by Crippen LogP contribution is -2.27. The molecule has 3 aromatic rings. The molecule has 1 amide bonds. The van der Waals surface area contributed by atoms with Crippen LogP contribution in [0.1, 0.15) is 22.5 Å². The number of amides is 1. The van der Waals surface area contributed by atoms with E-state index in [4.69, 9.17) is 11.6 Å². The van der Waals surface area contributed by atoms with Crippen molar-refractivity contribution in [1.82, 2.24) is 25.3 Å². The maximum absolute atomic E-state index is 11.9. The molecular weight excluding hydrogens is 388 g/mol. The second-order valence-electron chi connectivity index (χ2n) is 6.59. The average Bonchev–Trinajstić information content (AvgIpc) is 2.98. The SMILES string of the molecule is Cc1nn(-c2ccc(NCCNC(=O)/C=C/c3ccc(Cl)cc3)nn2)c(C)c1C. The molecule has 0 saturated heterocycles. The van der Waals surface area contributed by atoms with Gasteiger partial charge in [-0.2, -0.15) is 5.10 Å². The van der Waals surface area contributed by atoms with Crippen molar-refractivity contribution in [3.63, 3.8) is 0 Å². The minimum atomic E-state index is -0.164. The number of carbonyl (C=O) groups is 1. The zero-order chi connectivity index (χ0) is 20.8. The highest BCUT2D eigenvalue weighted by Gasteiger charge is 2.10. The molecule has 0 radical (unpaired) electrons. The first-order chi connectivity index (χ1) is 13.9. The fourth-order valence-electron chi connectivity index (χ4n) is 2.66. The van der Waals surface area contributed by atoms with Crippen LogP contribution >= 0.6 is 11.6 Å². The Morgan fingerprint density at radius 3 is 2.45 bits per heavy atom. The molecular formula is C21H23ClN6O. The summed E-state index contributed by atoms with van der Waals surface area (Å²) in [6.45, 7) is 7.02. The van der Waals surface area contributed by atoms with Crippen molar-refractivity contribution in [3.05, 3.63) is 70.0 Å². The Bertz CT molecular complexity index is 1010. The molecule has 1 aromatic carbocycles. The summed E-state index contributed by atoms with van der Waals surface area (Å²) in [4.78, 5) is 11.9. The van der Waals surface area contributed by atoms with Gasteiger partial charge in [0.1, 0.15) is 5.82 Å². The van der Waals surface area contributed by atoms with E-state index in [0.717, 1.165) is 22.5 Å². The Kier molecular flexibility index (Phi) is 6.61. The molecule has 0 spiro atoms. The zero-order valence-electron chi connectivity index (χ0n) is 16.6. The van der Waals surface area contributed by atoms with Crippen molar-refractivity contribution < 1.29 is 4.79 Å². The number of halogens is 1. The molecule has 0 fully saturated rings. The molecule has 29 heavy (non-hydrogen) atoms. The molecule has 150 valence electrons. The van der Waals surface area contributed by atoms with Crippen molar-refractivity contribution in [2.75, 3.05) is 18.4 Å². The van der Waals surface area contributed by atoms with Gasteiger partial charge < -0.3 is 10.6 Å². The van der Waals surface area contributed by atoms with Crippen molar-refractivity contribution >= 4 is 29.4 Å². The molecule has 0 aliphatic heterocycles. The van der Waals surface area contributed by atoms with Gasteiger partial charge in [0, 0.05) is 29.9 Å². The highest BCUT2D eigenvalue weighted by molar-refractivity contribution is 6.30. The molecule has 2 aromatic heterocycles. The fourth-order valence-corrected chi connectivity index (χ4v) is 2.78. The summed E-state index contributed by atoms with van der Waals surface area (Å²) >= 11 is 5.84. The minimum absolute atomic E-state index is 0.164. The number of aromatic nitrogens is 4. The number of hydrogen-bond donors (Lipinski definition) is 2. The second-order valence-corrected chi connectivity index (χ2v) is 7.02. The molecule has 0 saturated carbocycles. The number of nitrogens with zero attached hydrogens (tertiary/aromatic N) is 4. The maximum Gasteiger partial charge on any atom is 0.244 e. The predicted molar refractivity (Wildman–Crippen MR) is 115 cm³/mol. The van der Waals surface area contributed by atoms with Crippen LogP contribution in [0.3, 0.4) is 0 Å². The lowest BCUT2D eigenvalue weighted by Gasteiger charge is -2.07. The summed E-state index contributed by atoms with van der Waals surface area (Å²) in [7, 11) is 0. The van der Waals surface area contributed by atoms with E-state index in [2.05, 4.69) is 25.9 Å². The molecule has 0 atom stereocenters. The first-order valence-electron chi connectivity index (χ1n) is 9.26. The Balaban J connectivity index is 1.45. The summed E-state index contributed by atoms with van der Waals surface area (Å²) in [6.07, 6.45) is 3.23.